The number of hydrogen-bond donors (Lipinski definition) is 3. The van der Waals surface area contributed by atoms with Crippen molar-refractivity contribution in [3.63, 3.8) is 0 Å². The third-order valence-electron chi connectivity index (χ3n) is 0. The second-order valence-electron chi connectivity index (χ2n) is 0.513. The molecule has 0 aromatic carbocycles. The Morgan fingerprint density at radius 2 is 1.33 bits per heavy atom. The monoisotopic (exact) mass is 123 g/mol. The van der Waals surface area contributed by atoms with Gasteiger partial charge in [-0.25, -0.2) is 4.57 Å². The van der Waals surface area contributed by atoms with E-state index in [4.69, 9.17) is 19.2 Å². The minimum Gasteiger partial charge on any atom is -1.00 e. The summed E-state index contributed by atoms with van der Waals surface area (Å²) in [5, 5.41) is 0. The molecule has 0 aromatic heterocycles. The smallest absolute Gasteiger partial charge is 1.00 e. The molecule has 0 fully saturated rings. The average molecular weight is 123 g/mol. The van der Waals surface area contributed by atoms with Crippen molar-refractivity contribution in [2.24, 2.45) is 0 Å². The van der Waals surface area contributed by atoms with Crippen LogP contribution in [0.4, 0.5) is 0 Å². The molecule has 0 unspecified atom stereocenters. The summed E-state index contributed by atoms with van der Waals surface area (Å²) >= 11 is 0. The third kappa shape index (κ3) is 70.1. The fourth-order valence-corrected chi connectivity index (χ4v) is 0. The molecule has 0 heterocycles. The van der Waals surface area contributed by atoms with Crippen molar-refractivity contribution in [1.29, 1.82) is 0 Å². The van der Waals surface area contributed by atoms with Gasteiger partial charge in [0.2, 0.25) is 0 Å². The standard InChI is InChI=1S/Na.H3O4P.2H/c;1-5(2,3)4;;/h;(H3,1,2,3,4);;/q+1;;2*-1. The predicted molar refractivity (Wildman–Crippen MR) is 16.5 cm³/mol. The van der Waals surface area contributed by atoms with Crippen LogP contribution in [0.2, 0.25) is 0 Å². The fourth-order valence-electron chi connectivity index (χ4n) is 0. The molecule has 0 aliphatic carbocycles. The van der Waals surface area contributed by atoms with Crippen LogP contribution in [0.1, 0.15) is 2.85 Å². The molecule has 0 saturated heterocycles. The number of rotatable bonds is 0. The van der Waals surface area contributed by atoms with Crippen molar-refractivity contribution < 1.29 is 51.7 Å². The quantitative estimate of drug-likeness (QED) is 0.229. The number of hydrogen-bond acceptors (Lipinski definition) is 1. The van der Waals surface area contributed by atoms with Crippen LogP contribution in [0.5, 0.6) is 0 Å². The Hall–Kier alpha value is 1.11. The van der Waals surface area contributed by atoms with E-state index in [9.17, 15) is 0 Å². The Labute approximate surface area is 59.7 Å². The molecule has 6 heteroatoms. The van der Waals surface area contributed by atoms with Gasteiger partial charge in [-0.1, -0.05) is 0 Å². The molecule has 36 valence electrons. The van der Waals surface area contributed by atoms with Crippen molar-refractivity contribution in [1.82, 2.24) is 0 Å². The van der Waals surface area contributed by atoms with Gasteiger partial charge in [-0.2, -0.15) is 0 Å². The van der Waals surface area contributed by atoms with Crippen molar-refractivity contribution in [3.05, 3.63) is 0 Å². The summed E-state index contributed by atoms with van der Waals surface area (Å²) in [4.78, 5) is 21.6. The Balaban J connectivity index is -0.0000000267. The third-order valence-corrected chi connectivity index (χ3v) is 0. The van der Waals surface area contributed by atoms with Crippen molar-refractivity contribution in [2.45, 2.75) is 0 Å². The van der Waals surface area contributed by atoms with Gasteiger partial charge in [-0.15, -0.1) is 0 Å². The van der Waals surface area contributed by atoms with Crippen LogP contribution in [0.25, 0.3) is 0 Å². The fraction of sp³-hybridized carbons (Fsp3) is 0. The first-order valence-electron chi connectivity index (χ1n) is 0.783. The molecule has 3 N–H and O–H groups in total. The van der Waals surface area contributed by atoms with E-state index >= 15 is 0 Å². The van der Waals surface area contributed by atoms with Crippen LogP contribution < -0.4 is 29.6 Å². The Bertz CT molecular complexity index is 60.2. The normalized spacial score (nSPS) is 9.83. The van der Waals surface area contributed by atoms with Crippen LogP contribution in [0, 0.1) is 0 Å². The van der Waals surface area contributed by atoms with Crippen molar-refractivity contribution in [2.75, 3.05) is 0 Å². The molecule has 0 radical (unpaired) electrons. The maximum Gasteiger partial charge on any atom is 1.00 e. The van der Waals surface area contributed by atoms with Crippen LogP contribution in [-0.2, 0) is 4.57 Å². The topological polar surface area (TPSA) is 77.8 Å². The molecule has 0 atom stereocenters. The maximum absolute atomic E-state index is 8.88. The van der Waals surface area contributed by atoms with E-state index in [2.05, 4.69) is 0 Å². The second kappa shape index (κ2) is 3.16. The summed E-state index contributed by atoms with van der Waals surface area (Å²) in [6.45, 7) is 0. The zero-order valence-corrected chi connectivity index (χ0v) is 6.09. The van der Waals surface area contributed by atoms with E-state index < -0.39 is 7.82 Å². The summed E-state index contributed by atoms with van der Waals surface area (Å²) in [6, 6.07) is 0. The molecule has 4 nitrogen and oxygen atoms in total. The van der Waals surface area contributed by atoms with Gasteiger partial charge in [-0.3, -0.25) is 0 Å². The molecule has 0 saturated carbocycles. The van der Waals surface area contributed by atoms with Gasteiger partial charge in [0.15, 0.2) is 0 Å². The van der Waals surface area contributed by atoms with E-state index in [0.717, 1.165) is 0 Å². The largest absolute Gasteiger partial charge is 1.00 e. The van der Waals surface area contributed by atoms with Crippen LogP contribution in [-0.4, -0.2) is 14.7 Å². The van der Waals surface area contributed by atoms with E-state index in [1.54, 1.807) is 0 Å². The first-order valence-corrected chi connectivity index (χ1v) is 2.35. The maximum atomic E-state index is 8.88. The first kappa shape index (κ1) is 10.2. The first-order chi connectivity index (χ1) is 2.00. The zero-order chi connectivity index (χ0) is 4.50. The summed E-state index contributed by atoms with van der Waals surface area (Å²) in [5.41, 5.74) is 0. The van der Waals surface area contributed by atoms with Gasteiger partial charge in [-0.05, 0) is 0 Å². The summed E-state index contributed by atoms with van der Waals surface area (Å²) in [5.74, 6) is 0. The van der Waals surface area contributed by atoms with Crippen molar-refractivity contribution in [3.8, 4) is 0 Å². The molecule has 0 bridgehead atoms. The van der Waals surface area contributed by atoms with E-state index in [0.29, 0.717) is 0 Å². The van der Waals surface area contributed by atoms with E-state index in [-0.39, 0.29) is 32.4 Å². The molecule has 6 heavy (non-hydrogen) atoms. The van der Waals surface area contributed by atoms with E-state index in [1.165, 1.54) is 0 Å². The minimum atomic E-state index is -4.64. The van der Waals surface area contributed by atoms with Gasteiger partial charge < -0.3 is 17.5 Å². The van der Waals surface area contributed by atoms with Crippen LogP contribution in [0.3, 0.4) is 0 Å². The van der Waals surface area contributed by atoms with Gasteiger partial charge in [0, 0.05) is 0 Å². The summed E-state index contributed by atoms with van der Waals surface area (Å²) < 4.78 is 8.88. The molecule has 0 aliphatic rings. The number of phosphoric acid groups is 1. The van der Waals surface area contributed by atoms with Crippen molar-refractivity contribution >= 4 is 7.82 Å². The molecule has 0 amide bonds. The molecule has 0 rings (SSSR count). The van der Waals surface area contributed by atoms with Crippen LogP contribution >= 0.6 is 7.82 Å². The van der Waals surface area contributed by atoms with E-state index in [1.807, 2.05) is 0 Å². The van der Waals surface area contributed by atoms with Gasteiger partial charge >= 0.3 is 37.4 Å². The Morgan fingerprint density at radius 1 is 1.33 bits per heavy atom. The molecule has 0 aliphatic heterocycles. The second-order valence-corrected chi connectivity index (χ2v) is 1.54. The van der Waals surface area contributed by atoms with Gasteiger partial charge in [0.05, 0.1) is 0 Å². The van der Waals surface area contributed by atoms with Gasteiger partial charge in [0.1, 0.15) is 0 Å². The summed E-state index contributed by atoms with van der Waals surface area (Å²) in [7, 11) is -4.64. The Kier molecular flexibility index (Phi) is 5.35. The Morgan fingerprint density at radius 3 is 1.33 bits per heavy atom. The zero-order valence-electron chi connectivity index (χ0n) is 5.20. The van der Waals surface area contributed by atoms with Gasteiger partial charge in [0.25, 0.3) is 0 Å². The molecular formula is H5NaO4P-. The average Bonchev–Trinajstić information content (AvgIpc) is 0.722. The molecule has 0 aromatic rings. The van der Waals surface area contributed by atoms with Crippen LogP contribution in [0.15, 0.2) is 0 Å². The minimum absolute atomic E-state index is 0. The summed E-state index contributed by atoms with van der Waals surface area (Å²) in [6.07, 6.45) is 0. The molecule has 0 spiro atoms. The SMILES string of the molecule is O=P(O)(O)O.[H-].[H-].[Na+]. The predicted octanol–water partition coefficient (Wildman–Crippen LogP) is -3.70. The molecular weight excluding hydrogens is 118 g/mol.